The number of fused-ring (bicyclic) bond motifs is 5. The van der Waals surface area contributed by atoms with Gasteiger partial charge in [0.2, 0.25) is 5.90 Å². The summed E-state index contributed by atoms with van der Waals surface area (Å²) in [5, 5.41) is 14.0. The van der Waals surface area contributed by atoms with Gasteiger partial charge in [-0.2, -0.15) is 0 Å². The lowest BCUT2D eigenvalue weighted by molar-refractivity contribution is -0.138. The number of hydrogen-bond donors (Lipinski definition) is 2. The van der Waals surface area contributed by atoms with Crippen LogP contribution in [-0.4, -0.2) is 52.7 Å². The zero-order chi connectivity index (χ0) is 32.0. The Labute approximate surface area is 268 Å². The van der Waals surface area contributed by atoms with Crippen LogP contribution in [0, 0.1) is 0 Å². The van der Waals surface area contributed by atoms with Crippen molar-refractivity contribution in [3.63, 3.8) is 0 Å². The predicted octanol–water partition coefficient (Wildman–Crippen LogP) is 6.54. The van der Waals surface area contributed by atoms with Crippen LogP contribution < -0.4 is 14.8 Å². The SMILES string of the molecule is COc1ccc2c(c1)OCCn1c-2c(C2CCCCC2)c2ccc(C(=O)N[C@@H](Cc3ccc(O)cc3)C3=NC(C)(C)C(=O)O3)cc21. The summed E-state index contributed by atoms with van der Waals surface area (Å²) in [6.45, 7) is 4.52. The summed E-state index contributed by atoms with van der Waals surface area (Å²) in [6.07, 6.45) is 6.27. The lowest BCUT2D eigenvalue weighted by Crippen LogP contribution is -2.43. The summed E-state index contributed by atoms with van der Waals surface area (Å²) in [4.78, 5) is 31.0. The van der Waals surface area contributed by atoms with E-state index < -0.39 is 17.6 Å². The third kappa shape index (κ3) is 5.48. The van der Waals surface area contributed by atoms with Gasteiger partial charge in [-0.3, -0.25) is 4.79 Å². The fourth-order valence-corrected chi connectivity index (χ4v) is 7.06. The predicted molar refractivity (Wildman–Crippen MR) is 176 cm³/mol. The Hall–Kier alpha value is -4.79. The van der Waals surface area contributed by atoms with Gasteiger partial charge in [-0.25, -0.2) is 9.79 Å². The monoisotopic (exact) mass is 621 g/mol. The maximum atomic E-state index is 14.0. The number of ether oxygens (including phenoxy) is 3. The van der Waals surface area contributed by atoms with Crippen LogP contribution in [0.3, 0.4) is 0 Å². The number of cyclic esters (lactones) is 1. The Kier molecular flexibility index (Phi) is 7.71. The van der Waals surface area contributed by atoms with Gasteiger partial charge < -0.3 is 29.2 Å². The standard InChI is InChI=1S/C37H39N3O6/c1-37(2)36(43)46-35(39-37)29(19-22-9-12-25(41)13-10-22)38-34(42)24-11-15-27-30(20-24)40-17-18-45-31-21-26(44-3)14-16-28(31)33(40)32(27)23-7-5-4-6-8-23/h9-16,20-21,23,29,41H,4-8,17-19H2,1-3H3,(H,38,42)/t29-/m0/s1. The largest absolute Gasteiger partial charge is 0.508 e. The number of hydrogen-bond acceptors (Lipinski definition) is 7. The molecule has 7 rings (SSSR count). The molecular weight excluding hydrogens is 582 g/mol. The molecule has 3 aromatic carbocycles. The molecule has 2 N–H and O–H groups in total. The molecule has 46 heavy (non-hydrogen) atoms. The fraction of sp³-hybridized carbons (Fsp3) is 0.378. The van der Waals surface area contributed by atoms with E-state index in [0.717, 1.165) is 46.7 Å². The molecular formula is C37H39N3O6. The molecule has 9 nitrogen and oxygen atoms in total. The second-order valence-electron chi connectivity index (χ2n) is 13.0. The van der Waals surface area contributed by atoms with Gasteiger partial charge in [-0.05, 0) is 80.1 Å². The molecule has 3 aliphatic rings. The Morgan fingerprint density at radius 3 is 2.59 bits per heavy atom. The van der Waals surface area contributed by atoms with Crippen LogP contribution in [-0.2, 0) is 22.5 Å². The first kappa shape index (κ1) is 29.9. The third-order valence-electron chi connectivity index (χ3n) is 9.46. The molecule has 0 bridgehead atoms. The van der Waals surface area contributed by atoms with E-state index in [1.54, 1.807) is 45.2 Å². The van der Waals surface area contributed by atoms with Crippen molar-refractivity contribution in [3.05, 3.63) is 77.4 Å². The number of esters is 1. The van der Waals surface area contributed by atoms with Crippen molar-refractivity contribution in [3.8, 4) is 28.5 Å². The van der Waals surface area contributed by atoms with E-state index >= 15 is 0 Å². The highest BCUT2D eigenvalue weighted by atomic mass is 16.6. The van der Waals surface area contributed by atoms with Gasteiger partial charge in [0.1, 0.15) is 29.9 Å². The molecule has 0 unspecified atom stereocenters. The van der Waals surface area contributed by atoms with Crippen molar-refractivity contribution in [2.45, 2.75) is 76.4 Å². The smallest absolute Gasteiger partial charge is 0.340 e. The van der Waals surface area contributed by atoms with E-state index in [9.17, 15) is 14.7 Å². The number of amides is 1. The van der Waals surface area contributed by atoms with Crippen LogP contribution in [0.25, 0.3) is 22.2 Å². The van der Waals surface area contributed by atoms with Gasteiger partial charge in [-0.15, -0.1) is 0 Å². The van der Waals surface area contributed by atoms with Crippen molar-refractivity contribution in [2.75, 3.05) is 13.7 Å². The minimum Gasteiger partial charge on any atom is -0.508 e. The van der Waals surface area contributed by atoms with Crippen LogP contribution in [0.4, 0.5) is 0 Å². The Bertz CT molecular complexity index is 1850. The molecule has 0 spiro atoms. The van der Waals surface area contributed by atoms with Crippen LogP contribution in [0.2, 0.25) is 0 Å². The van der Waals surface area contributed by atoms with E-state index in [2.05, 4.69) is 27.0 Å². The summed E-state index contributed by atoms with van der Waals surface area (Å²) in [5.74, 6) is 1.56. The highest BCUT2D eigenvalue weighted by Crippen LogP contribution is 2.47. The van der Waals surface area contributed by atoms with Crippen molar-refractivity contribution in [2.24, 2.45) is 4.99 Å². The highest BCUT2D eigenvalue weighted by Gasteiger charge is 2.40. The number of aliphatic imine (C=N–C) groups is 1. The number of carbonyl (C=O) groups excluding carboxylic acids is 2. The molecule has 1 aliphatic carbocycles. The minimum absolute atomic E-state index is 0.148. The van der Waals surface area contributed by atoms with Crippen LogP contribution >= 0.6 is 0 Å². The minimum atomic E-state index is -1.03. The van der Waals surface area contributed by atoms with E-state index in [1.807, 2.05) is 24.3 Å². The van der Waals surface area contributed by atoms with E-state index in [-0.39, 0.29) is 17.6 Å². The van der Waals surface area contributed by atoms with Gasteiger partial charge in [-0.1, -0.05) is 37.5 Å². The van der Waals surface area contributed by atoms with Gasteiger partial charge in [0, 0.05) is 34.5 Å². The number of aromatic nitrogens is 1. The second kappa shape index (κ2) is 11.9. The van der Waals surface area contributed by atoms with Gasteiger partial charge in [0.05, 0.1) is 19.3 Å². The molecule has 4 aromatic rings. The first-order valence-corrected chi connectivity index (χ1v) is 16.1. The summed E-state index contributed by atoms with van der Waals surface area (Å²) in [7, 11) is 1.66. The number of nitrogens with zero attached hydrogens (tertiary/aromatic N) is 2. The number of methoxy groups -OCH3 is 1. The van der Waals surface area contributed by atoms with Gasteiger partial charge in [0.25, 0.3) is 5.91 Å². The Balaban J connectivity index is 1.29. The molecule has 2 aliphatic heterocycles. The lowest BCUT2D eigenvalue weighted by Gasteiger charge is -2.23. The average Bonchev–Trinajstić information content (AvgIpc) is 3.45. The maximum absolute atomic E-state index is 14.0. The highest BCUT2D eigenvalue weighted by molar-refractivity contribution is 6.06. The van der Waals surface area contributed by atoms with Crippen LogP contribution in [0.5, 0.6) is 17.2 Å². The topological polar surface area (TPSA) is 111 Å². The van der Waals surface area contributed by atoms with Gasteiger partial charge in [0.15, 0.2) is 5.54 Å². The van der Waals surface area contributed by atoms with E-state index in [1.165, 1.54) is 30.2 Å². The molecule has 238 valence electrons. The normalized spacial score (nSPS) is 18.1. The molecule has 9 heteroatoms. The fourth-order valence-electron chi connectivity index (χ4n) is 7.06. The molecule has 3 heterocycles. The molecule has 1 fully saturated rings. The Morgan fingerprint density at radius 2 is 1.87 bits per heavy atom. The quantitative estimate of drug-likeness (QED) is 0.227. The average molecular weight is 622 g/mol. The Morgan fingerprint density at radius 1 is 1.09 bits per heavy atom. The number of rotatable bonds is 7. The number of nitrogens with one attached hydrogen (secondary N) is 1. The first-order valence-electron chi connectivity index (χ1n) is 16.1. The number of carbonyl (C=O) groups is 2. The van der Waals surface area contributed by atoms with E-state index in [0.29, 0.717) is 31.1 Å². The summed E-state index contributed by atoms with van der Waals surface area (Å²) in [5.41, 5.74) is 4.85. The summed E-state index contributed by atoms with van der Waals surface area (Å²) < 4.78 is 19.6. The number of phenolic OH excluding ortho intramolecular Hbond substituents is 1. The number of benzene rings is 3. The molecule has 1 atom stereocenters. The molecule has 1 aromatic heterocycles. The second-order valence-corrected chi connectivity index (χ2v) is 13.0. The number of aromatic hydroxyl groups is 1. The van der Waals surface area contributed by atoms with Gasteiger partial charge >= 0.3 is 5.97 Å². The third-order valence-corrected chi connectivity index (χ3v) is 9.46. The summed E-state index contributed by atoms with van der Waals surface area (Å²) >= 11 is 0. The first-order chi connectivity index (χ1) is 22.2. The van der Waals surface area contributed by atoms with Crippen LogP contribution in [0.1, 0.15) is 73.4 Å². The summed E-state index contributed by atoms with van der Waals surface area (Å²) in [6, 6.07) is 18.0. The zero-order valence-corrected chi connectivity index (χ0v) is 26.5. The zero-order valence-electron chi connectivity index (χ0n) is 26.5. The molecule has 0 saturated heterocycles. The van der Waals surface area contributed by atoms with Crippen LogP contribution in [0.15, 0.2) is 65.7 Å². The van der Waals surface area contributed by atoms with Crippen molar-refractivity contribution >= 4 is 28.7 Å². The molecule has 0 radical (unpaired) electrons. The van der Waals surface area contributed by atoms with E-state index in [4.69, 9.17) is 14.2 Å². The lowest BCUT2D eigenvalue weighted by atomic mass is 9.81. The van der Waals surface area contributed by atoms with Crippen molar-refractivity contribution in [1.29, 1.82) is 0 Å². The maximum Gasteiger partial charge on any atom is 0.340 e. The molecule has 1 amide bonds. The van der Waals surface area contributed by atoms with Crippen molar-refractivity contribution in [1.82, 2.24) is 9.88 Å². The molecule has 1 saturated carbocycles. The number of phenols is 1. The van der Waals surface area contributed by atoms with Crippen molar-refractivity contribution < 1.29 is 28.9 Å².